The second-order valence-electron chi connectivity index (χ2n) is 10.8. The lowest BCUT2D eigenvalue weighted by Gasteiger charge is -2.26. The molecule has 0 spiro atoms. The van der Waals surface area contributed by atoms with Crippen LogP contribution in [0.4, 0.5) is 20.2 Å². The summed E-state index contributed by atoms with van der Waals surface area (Å²) in [7, 11) is 1.31. The first-order valence-corrected chi connectivity index (χ1v) is 15.4. The Morgan fingerprint density at radius 2 is 1.67 bits per heavy atom. The van der Waals surface area contributed by atoms with Gasteiger partial charge >= 0.3 is 0 Å². The summed E-state index contributed by atoms with van der Waals surface area (Å²) in [5.41, 5.74) is -0.354. The number of nitrogens with one attached hydrogen (secondary N) is 2. The molecule has 2 aliphatic rings. The Balaban J connectivity index is 1.10. The lowest BCUT2D eigenvalue weighted by atomic mass is 10.0. The van der Waals surface area contributed by atoms with E-state index in [-0.39, 0.29) is 22.9 Å². The van der Waals surface area contributed by atoms with Crippen LogP contribution in [0.15, 0.2) is 59.3 Å². The monoisotopic (exact) mass is 697 g/mol. The Morgan fingerprint density at radius 3 is 2.37 bits per heavy atom. The third kappa shape index (κ3) is 6.73. The zero-order valence-electron chi connectivity index (χ0n) is 24.8. The van der Waals surface area contributed by atoms with Gasteiger partial charge in [0.05, 0.1) is 31.2 Å². The van der Waals surface area contributed by atoms with Gasteiger partial charge in [-0.05, 0) is 59.1 Å². The number of rotatable bonds is 11. The molecule has 1 aliphatic carbocycles. The quantitative estimate of drug-likeness (QED) is 0.195. The fourth-order valence-corrected chi connectivity index (χ4v) is 5.56. The van der Waals surface area contributed by atoms with Gasteiger partial charge in [0, 0.05) is 55.5 Å². The van der Waals surface area contributed by atoms with E-state index in [2.05, 4.69) is 41.4 Å². The number of ether oxygens (including phenoxy) is 4. The number of pyridine rings is 2. The van der Waals surface area contributed by atoms with Crippen LogP contribution in [0.3, 0.4) is 0 Å². The highest BCUT2D eigenvalue weighted by Crippen LogP contribution is 2.48. The smallest absolute Gasteiger partial charge is 0.240 e. The van der Waals surface area contributed by atoms with Gasteiger partial charge in [-0.25, -0.2) is 13.8 Å². The summed E-state index contributed by atoms with van der Waals surface area (Å²) >= 11 is 3.53. The van der Waals surface area contributed by atoms with E-state index in [1.807, 2.05) is 0 Å². The van der Waals surface area contributed by atoms with Gasteiger partial charge in [0.2, 0.25) is 17.7 Å². The van der Waals surface area contributed by atoms with Crippen LogP contribution < -0.4 is 24.8 Å². The number of hydrogen-bond donors (Lipinski definition) is 2. The molecule has 0 unspecified atom stereocenters. The molecule has 2 aromatic carbocycles. The Hall–Kier alpha value is -4.40. The molecular formula is C32H30BrF2N5O6. The van der Waals surface area contributed by atoms with Crippen molar-refractivity contribution in [2.24, 2.45) is 5.41 Å². The summed E-state index contributed by atoms with van der Waals surface area (Å²) in [5.74, 6) is -1.86. The summed E-state index contributed by atoms with van der Waals surface area (Å²) in [6.45, 7) is 4.31. The van der Waals surface area contributed by atoms with Crippen LogP contribution in [0.5, 0.6) is 23.1 Å². The summed E-state index contributed by atoms with van der Waals surface area (Å²) in [5, 5.41) is 5.80. The molecule has 2 N–H and O–H groups in total. The third-order valence-corrected chi connectivity index (χ3v) is 8.56. The fraction of sp³-hybridized carbons (Fsp3) is 0.312. The molecule has 2 aromatic heterocycles. The van der Waals surface area contributed by atoms with Crippen molar-refractivity contribution in [2.75, 3.05) is 57.2 Å². The largest absolute Gasteiger partial charge is 0.494 e. The van der Waals surface area contributed by atoms with Gasteiger partial charge in [0.1, 0.15) is 22.2 Å². The summed E-state index contributed by atoms with van der Waals surface area (Å²) in [4.78, 5) is 37.2. The topological polar surface area (TPSA) is 124 Å². The van der Waals surface area contributed by atoms with E-state index in [0.29, 0.717) is 59.7 Å². The maximum Gasteiger partial charge on any atom is 0.240 e. The summed E-state index contributed by atoms with van der Waals surface area (Å²) < 4.78 is 51.6. The number of carbonyl (C=O) groups excluding carboxylic acids is 2. The molecule has 46 heavy (non-hydrogen) atoms. The molecule has 3 heterocycles. The highest BCUT2D eigenvalue weighted by molar-refractivity contribution is 9.10. The molecule has 0 atom stereocenters. The minimum atomic E-state index is -1.32. The van der Waals surface area contributed by atoms with Crippen LogP contribution in [-0.2, 0) is 14.3 Å². The number of anilines is 2. The maximum absolute atomic E-state index is 15.2. The van der Waals surface area contributed by atoms with Crippen molar-refractivity contribution >= 4 is 50.0 Å². The number of methoxy groups -OCH3 is 1. The molecule has 11 nitrogen and oxygen atoms in total. The third-order valence-electron chi connectivity index (χ3n) is 7.84. The van der Waals surface area contributed by atoms with Gasteiger partial charge in [-0.3, -0.25) is 19.5 Å². The number of halogens is 3. The minimum absolute atomic E-state index is 0.0394. The van der Waals surface area contributed by atoms with Gasteiger partial charge in [-0.2, -0.15) is 0 Å². The number of aromatic nitrogens is 2. The molecule has 2 amide bonds. The van der Waals surface area contributed by atoms with Crippen molar-refractivity contribution in [1.29, 1.82) is 0 Å². The number of morpholine rings is 1. The molecule has 14 heteroatoms. The van der Waals surface area contributed by atoms with E-state index < -0.39 is 28.9 Å². The number of fused-ring (bicyclic) bond motifs is 1. The van der Waals surface area contributed by atoms with E-state index in [1.165, 1.54) is 37.6 Å². The average Bonchev–Trinajstić information content (AvgIpc) is 3.88. The standard InChI is InChI=1S/C32H30BrF2N5O6/c1-43-26-17-20(2-4-22(26)34)39-31(42)32(7-8-32)30(41)38-19-3-5-25(23(35)16-19)46-24-6-9-36-28-21(24)18-37-29(27(28)33)45-15-12-40-10-13-44-14-11-40/h2-6,9,16-18H,7-8,10-15H2,1H3,(H,38,41)(H,39,42). The predicted molar refractivity (Wildman–Crippen MR) is 168 cm³/mol. The zero-order chi connectivity index (χ0) is 32.3. The number of benzene rings is 2. The number of nitrogens with zero attached hydrogens (tertiary/aromatic N) is 3. The van der Waals surface area contributed by atoms with Crippen LogP contribution in [0.25, 0.3) is 10.9 Å². The lowest BCUT2D eigenvalue weighted by Crippen LogP contribution is -2.38. The number of hydrogen-bond acceptors (Lipinski definition) is 9. The molecule has 1 saturated carbocycles. The SMILES string of the molecule is COc1cc(NC(=O)C2(C(=O)Nc3ccc(Oc4ccnc5c(Br)c(OCCN6CCOCC6)ncc45)c(F)c3)CC2)ccc1F. The van der Waals surface area contributed by atoms with Gasteiger partial charge in [0.15, 0.2) is 23.1 Å². The first kappa shape index (κ1) is 31.6. The van der Waals surface area contributed by atoms with Crippen molar-refractivity contribution in [2.45, 2.75) is 12.8 Å². The van der Waals surface area contributed by atoms with Gasteiger partial charge in [-0.15, -0.1) is 0 Å². The Labute approximate surface area is 271 Å². The summed E-state index contributed by atoms with van der Waals surface area (Å²) in [6, 6.07) is 9.43. The molecule has 1 aliphatic heterocycles. The molecule has 4 aromatic rings. The molecule has 0 radical (unpaired) electrons. The van der Waals surface area contributed by atoms with Gasteiger partial charge in [0.25, 0.3) is 0 Å². The van der Waals surface area contributed by atoms with Crippen LogP contribution in [0.2, 0.25) is 0 Å². The molecule has 0 bridgehead atoms. The average molecular weight is 699 g/mol. The minimum Gasteiger partial charge on any atom is -0.494 e. The number of amides is 2. The second-order valence-corrected chi connectivity index (χ2v) is 11.6. The van der Waals surface area contributed by atoms with Crippen molar-refractivity contribution in [1.82, 2.24) is 14.9 Å². The van der Waals surface area contributed by atoms with Crippen molar-refractivity contribution in [3.05, 3.63) is 71.0 Å². The van der Waals surface area contributed by atoms with Crippen molar-refractivity contribution < 1.29 is 37.3 Å². The molecule has 6 rings (SSSR count). The first-order chi connectivity index (χ1) is 22.3. The lowest BCUT2D eigenvalue weighted by molar-refractivity contribution is -0.131. The Morgan fingerprint density at radius 1 is 0.957 bits per heavy atom. The Bertz CT molecular complexity index is 1780. The summed E-state index contributed by atoms with van der Waals surface area (Å²) in [6.07, 6.45) is 3.72. The molecule has 1 saturated heterocycles. The zero-order valence-corrected chi connectivity index (χ0v) is 26.4. The maximum atomic E-state index is 15.2. The normalized spacial score (nSPS) is 15.7. The Kier molecular flexibility index (Phi) is 9.29. The van der Waals surface area contributed by atoms with Crippen LogP contribution in [0, 0.1) is 17.0 Å². The molecule has 2 fully saturated rings. The van der Waals surface area contributed by atoms with E-state index in [1.54, 1.807) is 12.3 Å². The van der Waals surface area contributed by atoms with E-state index >= 15 is 4.39 Å². The number of carbonyl (C=O) groups is 2. The van der Waals surface area contributed by atoms with Crippen molar-refractivity contribution in [3.8, 4) is 23.1 Å². The highest BCUT2D eigenvalue weighted by atomic mass is 79.9. The molecule has 240 valence electrons. The van der Waals surface area contributed by atoms with E-state index in [4.69, 9.17) is 18.9 Å². The van der Waals surface area contributed by atoms with E-state index in [9.17, 15) is 14.0 Å². The van der Waals surface area contributed by atoms with E-state index in [0.717, 1.165) is 31.8 Å². The fourth-order valence-electron chi connectivity index (χ4n) is 5.02. The van der Waals surface area contributed by atoms with Crippen LogP contribution >= 0.6 is 15.9 Å². The van der Waals surface area contributed by atoms with Crippen LogP contribution in [0.1, 0.15) is 12.8 Å². The predicted octanol–water partition coefficient (Wildman–Crippen LogP) is 5.54. The van der Waals surface area contributed by atoms with Crippen molar-refractivity contribution in [3.63, 3.8) is 0 Å². The first-order valence-electron chi connectivity index (χ1n) is 14.6. The van der Waals surface area contributed by atoms with Crippen LogP contribution in [-0.4, -0.2) is 73.2 Å². The molecular weight excluding hydrogens is 668 g/mol. The second kappa shape index (κ2) is 13.5. The highest BCUT2D eigenvalue weighted by Gasteiger charge is 2.56. The van der Waals surface area contributed by atoms with Gasteiger partial charge < -0.3 is 29.6 Å². The van der Waals surface area contributed by atoms with Gasteiger partial charge in [-0.1, -0.05) is 0 Å².